The highest BCUT2D eigenvalue weighted by molar-refractivity contribution is 6.35. The number of nitrogens with one attached hydrogen (secondary N) is 2. The van der Waals surface area contributed by atoms with Crippen LogP contribution in [-0.2, 0) is 16.0 Å². The van der Waals surface area contributed by atoms with Crippen molar-refractivity contribution in [2.75, 3.05) is 26.2 Å². The van der Waals surface area contributed by atoms with Crippen molar-refractivity contribution in [3.8, 4) is 0 Å². The van der Waals surface area contributed by atoms with Crippen LogP contribution in [0, 0.1) is 0 Å². The van der Waals surface area contributed by atoms with Gasteiger partial charge in [-0.15, -0.1) is 0 Å². The van der Waals surface area contributed by atoms with Crippen LogP contribution >= 0.6 is 23.2 Å². The van der Waals surface area contributed by atoms with Crippen molar-refractivity contribution in [1.82, 2.24) is 15.5 Å². The summed E-state index contributed by atoms with van der Waals surface area (Å²) in [7, 11) is 0. The molecule has 0 bridgehead atoms. The molecule has 0 radical (unpaired) electrons. The Labute approximate surface area is 164 Å². The zero-order chi connectivity index (χ0) is 19.3. The second-order valence-corrected chi connectivity index (χ2v) is 8.06. The second kappa shape index (κ2) is 8.93. The summed E-state index contributed by atoms with van der Waals surface area (Å²) in [5.74, 6) is -0.150. The average molecular weight is 402 g/mol. The predicted octanol–water partition coefficient (Wildman–Crippen LogP) is 2.86. The molecule has 0 aliphatic carbocycles. The molecule has 2 rings (SSSR count). The van der Waals surface area contributed by atoms with Gasteiger partial charge < -0.3 is 20.3 Å². The van der Waals surface area contributed by atoms with Crippen LogP contribution in [0.3, 0.4) is 0 Å². The molecule has 1 aromatic rings. The SMILES string of the molecule is CC(C)(C)OC(=O)NC(Cc1ccc(Cl)cc1Cl)C(=O)N1CCNCC1. The molecule has 0 spiro atoms. The smallest absolute Gasteiger partial charge is 0.408 e. The number of piperazine rings is 1. The van der Waals surface area contributed by atoms with Crippen LogP contribution in [0.25, 0.3) is 0 Å². The standard InChI is InChI=1S/C18H25Cl2N3O3/c1-18(2,3)26-17(25)22-15(16(24)23-8-6-21-7-9-23)10-12-4-5-13(19)11-14(12)20/h4-5,11,15,21H,6-10H2,1-3H3,(H,22,25). The van der Waals surface area contributed by atoms with E-state index >= 15 is 0 Å². The minimum Gasteiger partial charge on any atom is -0.444 e. The Morgan fingerprint density at radius 3 is 2.50 bits per heavy atom. The lowest BCUT2D eigenvalue weighted by atomic mass is 10.0. The third-order valence-electron chi connectivity index (χ3n) is 3.86. The summed E-state index contributed by atoms with van der Waals surface area (Å²) in [6.45, 7) is 7.97. The predicted molar refractivity (Wildman–Crippen MR) is 103 cm³/mol. The number of amides is 2. The van der Waals surface area contributed by atoms with E-state index in [0.717, 1.165) is 18.7 Å². The maximum Gasteiger partial charge on any atom is 0.408 e. The first-order chi connectivity index (χ1) is 12.2. The van der Waals surface area contributed by atoms with Crippen LogP contribution in [0.15, 0.2) is 18.2 Å². The molecule has 2 amide bonds. The van der Waals surface area contributed by atoms with Crippen LogP contribution in [-0.4, -0.2) is 54.7 Å². The molecule has 0 aromatic heterocycles. The van der Waals surface area contributed by atoms with Gasteiger partial charge in [0.15, 0.2) is 0 Å². The number of hydrogen-bond acceptors (Lipinski definition) is 4. The molecule has 0 saturated carbocycles. The lowest BCUT2D eigenvalue weighted by molar-refractivity contribution is -0.134. The van der Waals surface area contributed by atoms with E-state index in [-0.39, 0.29) is 12.3 Å². The van der Waals surface area contributed by atoms with Gasteiger partial charge in [0.2, 0.25) is 5.91 Å². The van der Waals surface area contributed by atoms with Gasteiger partial charge in [0, 0.05) is 42.6 Å². The fraction of sp³-hybridized carbons (Fsp3) is 0.556. The van der Waals surface area contributed by atoms with Gasteiger partial charge in [-0.1, -0.05) is 29.3 Å². The number of hydrogen-bond donors (Lipinski definition) is 2. The molecule has 144 valence electrons. The minimum absolute atomic E-state index is 0.150. The molecule has 26 heavy (non-hydrogen) atoms. The molecular weight excluding hydrogens is 377 g/mol. The topological polar surface area (TPSA) is 70.7 Å². The van der Waals surface area contributed by atoms with Crippen molar-refractivity contribution < 1.29 is 14.3 Å². The van der Waals surface area contributed by atoms with Gasteiger partial charge in [0.05, 0.1) is 0 Å². The van der Waals surface area contributed by atoms with E-state index in [9.17, 15) is 9.59 Å². The van der Waals surface area contributed by atoms with Gasteiger partial charge in [-0.05, 0) is 38.5 Å². The highest BCUT2D eigenvalue weighted by atomic mass is 35.5. The van der Waals surface area contributed by atoms with E-state index in [1.165, 1.54) is 0 Å². The lowest BCUT2D eigenvalue weighted by Crippen LogP contribution is -2.55. The van der Waals surface area contributed by atoms with Crippen molar-refractivity contribution in [2.24, 2.45) is 0 Å². The van der Waals surface area contributed by atoms with Gasteiger partial charge in [-0.25, -0.2) is 4.79 Å². The van der Waals surface area contributed by atoms with E-state index in [4.69, 9.17) is 27.9 Å². The first kappa shape index (κ1) is 20.8. The van der Waals surface area contributed by atoms with E-state index in [2.05, 4.69) is 10.6 Å². The molecule has 1 fully saturated rings. The Hall–Kier alpha value is -1.50. The van der Waals surface area contributed by atoms with Crippen molar-refractivity contribution in [3.63, 3.8) is 0 Å². The quantitative estimate of drug-likeness (QED) is 0.813. The maximum absolute atomic E-state index is 12.9. The molecule has 1 aromatic carbocycles. The van der Waals surface area contributed by atoms with Crippen molar-refractivity contribution in [2.45, 2.75) is 38.8 Å². The van der Waals surface area contributed by atoms with Crippen molar-refractivity contribution >= 4 is 35.2 Å². The first-order valence-corrected chi connectivity index (χ1v) is 9.34. The fourth-order valence-electron chi connectivity index (χ4n) is 2.66. The lowest BCUT2D eigenvalue weighted by Gasteiger charge is -2.31. The summed E-state index contributed by atoms with van der Waals surface area (Å²) >= 11 is 12.2. The zero-order valence-corrected chi connectivity index (χ0v) is 16.8. The number of halogens is 2. The zero-order valence-electron chi connectivity index (χ0n) is 15.3. The third kappa shape index (κ3) is 6.34. The number of ether oxygens (including phenoxy) is 1. The van der Waals surface area contributed by atoms with Crippen molar-refractivity contribution in [3.05, 3.63) is 33.8 Å². The summed E-state index contributed by atoms with van der Waals surface area (Å²) in [5.41, 5.74) is 0.0885. The largest absolute Gasteiger partial charge is 0.444 e. The summed E-state index contributed by atoms with van der Waals surface area (Å²) in [4.78, 5) is 26.9. The Morgan fingerprint density at radius 1 is 1.27 bits per heavy atom. The summed E-state index contributed by atoms with van der Waals surface area (Å²) in [6, 6.07) is 4.34. The number of carbonyl (C=O) groups is 2. The van der Waals surface area contributed by atoms with E-state index in [1.807, 2.05) is 0 Å². The highest BCUT2D eigenvalue weighted by Crippen LogP contribution is 2.22. The normalized spacial score (nSPS) is 16.1. The van der Waals surface area contributed by atoms with Crippen LogP contribution in [0.2, 0.25) is 10.0 Å². The molecule has 8 heteroatoms. The molecule has 1 heterocycles. The second-order valence-electron chi connectivity index (χ2n) is 7.21. The summed E-state index contributed by atoms with van der Waals surface area (Å²) in [6.07, 6.45) is -0.367. The van der Waals surface area contributed by atoms with Gasteiger partial charge in [-0.3, -0.25) is 4.79 Å². The number of benzene rings is 1. The Balaban J connectivity index is 2.16. The number of rotatable bonds is 4. The Kier molecular flexibility index (Phi) is 7.15. The first-order valence-electron chi connectivity index (χ1n) is 8.58. The molecule has 1 aliphatic heterocycles. The van der Waals surface area contributed by atoms with E-state index in [0.29, 0.717) is 23.1 Å². The van der Waals surface area contributed by atoms with Crippen LogP contribution in [0.4, 0.5) is 4.79 Å². The monoisotopic (exact) mass is 401 g/mol. The van der Waals surface area contributed by atoms with Crippen LogP contribution in [0.5, 0.6) is 0 Å². The number of nitrogens with zero attached hydrogens (tertiary/aromatic N) is 1. The summed E-state index contributed by atoms with van der Waals surface area (Å²) < 4.78 is 5.31. The third-order valence-corrected chi connectivity index (χ3v) is 4.44. The maximum atomic E-state index is 12.9. The molecule has 1 unspecified atom stereocenters. The van der Waals surface area contributed by atoms with Crippen LogP contribution < -0.4 is 10.6 Å². The number of carbonyl (C=O) groups excluding carboxylic acids is 2. The molecule has 1 atom stereocenters. The van der Waals surface area contributed by atoms with E-state index < -0.39 is 17.7 Å². The fourth-order valence-corrected chi connectivity index (χ4v) is 3.15. The number of alkyl carbamates (subject to hydrolysis) is 1. The Bertz CT molecular complexity index is 656. The highest BCUT2D eigenvalue weighted by Gasteiger charge is 2.29. The average Bonchev–Trinajstić information content (AvgIpc) is 2.55. The van der Waals surface area contributed by atoms with Gasteiger partial charge in [-0.2, -0.15) is 0 Å². The molecule has 1 saturated heterocycles. The van der Waals surface area contributed by atoms with Crippen LogP contribution in [0.1, 0.15) is 26.3 Å². The minimum atomic E-state index is -0.762. The summed E-state index contributed by atoms with van der Waals surface area (Å²) in [5, 5.41) is 6.88. The molecule has 1 aliphatic rings. The van der Waals surface area contributed by atoms with Gasteiger partial charge >= 0.3 is 6.09 Å². The van der Waals surface area contributed by atoms with Crippen molar-refractivity contribution in [1.29, 1.82) is 0 Å². The Morgan fingerprint density at radius 2 is 1.92 bits per heavy atom. The molecular formula is C18H25Cl2N3O3. The molecule has 2 N–H and O–H groups in total. The molecule has 6 nitrogen and oxygen atoms in total. The van der Waals surface area contributed by atoms with Gasteiger partial charge in [0.1, 0.15) is 11.6 Å². The van der Waals surface area contributed by atoms with E-state index in [1.54, 1.807) is 43.9 Å². The van der Waals surface area contributed by atoms with Gasteiger partial charge in [0.25, 0.3) is 0 Å².